The number of benzene rings is 2. The van der Waals surface area contributed by atoms with Crippen molar-refractivity contribution >= 4 is 28.5 Å². The maximum atomic E-state index is 13.6. The zero-order chi connectivity index (χ0) is 18.8. The van der Waals surface area contributed by atoms with Crippen molar-refractivity contribution < 1.29 is 27.5 Å². The van der Waals surface area contributed by atoms with Gasteiger partial charge in [0, 0.05) is 10.9 Å². The van der Waals surface area contributed by atoms with Crippen molar-refractivity contribution in [2.45, 2.75) is 13.0 Å². The summed E-state index contributed by atoms with van der Waals surface area (Å²) in [5.41, 5.74) is 0.313. The van der Waals surface area contributed by atoms with E-state index in [0.717, 1.165) is 17.0 Å². The highest BCUT2D eigenvalue weighted by atomic mass is 19.2. The molecule has 1 aromatic heterocycles. The Hall–Kier alpha value is -3.29. The van der Waals surface area contributed by atoms with E-state index in [9.17, 15) is 22.8 Å². The fourth-order valence-corrected chi connectivity index (χ4v) is 2.32. The lowest BCUT2D eigenvalue weighted by molar-refractivity contribution is -0.123. The summed E-state index contributed by atoms with van der Waals surface area (Å²) >= 11 is 0. The summed E-state index contributed by atoms with van der Waals surface area (Å²) in [6.07, 6.45) is -1.29. The number of para-hydroxylation sites is 1. The molecule has 2 aromatic carbocycles. The monoisotopic (exact) mass is 362 g/mol. The van der Waals surface area contributed by atoms with Crippen LogP contribution in [-0.2, 0) is 9.53 Å². The van der Waals surface area contributed by atoms with Crippen LogP contribution in [0.4, 0.5) is 18.9 Å². The molecule has 1 amide bonds. The molecule has 0 unspecified atom stereocenters. The average Bonchev–Trinajstić information content (AvgIpc) is 3.06. The Morgan fingerprint density at radius 2 is 1.81 bits per heavy atom. The number of ether oxygens (including phenoxy) is 1. The van der Waals surface area contributed by atoms with Gasteiger partial charge >= 0.3 is 5.97 Å². The summed E-state index contributed by atoms with van der Waals surface area (Å²) in [6.45, 7) is 1.27. The second-order valence-corrected chi connectivity index (χ2v) is 5.53. The third kappa shape index (κ3) is 3.39. The Balaban J connectivity index is 1.69. The normalized spacial score (nSPS) is 12.0. The van der Waals surface area contributed by atoms with Crippen LogP contribution in [0.2, 0.25) is 0 Å². The number of amides is 1. The molecule has 2 N–H and O–H groups in total. The van der Waals surface area contributed by atoms with Gasteiger partial charge in [0.2, 0.25) is 0 Å². The van der Waals surface area contributed by atoms with Crippen molar-refractivity contribution in [3.05, 3.63) is 65.6 Å². The standard InChI is InChI=1S/C18H13F3N2O3/c1-9(17(24)23-13-7-6-11(19)15(20)16(13)21)26-18(25)14-8-10-4-2-3-5-12(10)22-14/h2-9,22H,1H3,(H,23,24)/t9-/m0/s1. The highest BCUT2D eigenvalue weighted by molar-refractivity contribution is 5.98. The first-order valence-corrected chi connectivity index (χ1v) is 7.60. The summed E-state index contributed by atoms with van der Waals surface area (Å²) in [7, 11) is 0. The van der Waals surface area contributed by atoms with Gasteiger partial charge in [0.1, 0.15) is 5.69 Å². The Morgan fingerprint density at radius 1 is 1.08 bits per heavy atom. The molecule has 1 atom stereocenters. The molecule has 3 aromatic rings. The summed E-state index contributed by atoms with van der Waals surface area (Å²) in [5, 5.41) is 2.85. The van der Waals surface area contributed by atoms with Crippen molar-refractivity contribution in [2.75, 3.05) is 5.32 Å². The minimum Gasteiger partial charge on any atom is -0.448 e. The molecule has 0 aliphatic rings. The fourth-order valence-electron chi connectivity index (χ4n) is 2.32. The zero-order valence-corrected chi connectivity index (χ0v) is 13.5. The smallest absolute Gasteiger partial charge is 0.355 e. The fraction of sp³-hybridized carbons (Fsp3) is 0.111. The topological polar surface area (TPSA) is 71.2 Å². The van der Waals surface area contributed by atoms with Gasteiger partial charge in [-0.1, -0.05) is 18.2 Å². The van der Waals surface area contributed by atoms with Gasteiger partial charge in [0.25, 0.3) is 5.91 Å². The largest absolute Gasteiger partial charge is 0.448 e. The number of fused-ring (bicyclic) bond motifs is 1. The van der Waals surface area contributed by atoms with E-state index in [-0.39, 0.29) is 5.69 Å². The quantitative estimate of drug-likeness (QED) is 0.548. The third-order valence-electron chi connectivity index (χ3n) is 3.70. The van der Waals surface area contributed by atoms with Crippen LogP contribution in [0.25, 0.3) is 10.9 Å². The number of hydrogen-bond donors (Lipinski definition) is 2. The average molecular weight is 362 g/mol. The summed E-state index contributed by atoms with van der Waals surface area (Å²) < 4.78 is 44.7. The molecule has 0 saturated carbocycles. The first kappa shape index (κ1) is 17.5. The number of esters is 1. The minimum atomic E-state index is -1.70. The van der Waals surface area contributed by atoms with Crippen LogP contribution in [0.3, 0.4) is 0 Å². The van der Waals surface area contributed by atoms with E-state index in [0.29, 0.717) is 6.07 Å². The van der Waals surface area contributed by atoms with Crippen molar-refractivity contribution in [1.82, 2.24) is 4.98 Å². The maximum Gasteiger partial charge on any atom is 0.355 e. The highest BCUT2D eigenvalue weighted by Crippen LogP contribution is 2.20. The first-order chi connectivity index (χ1) is 12.4. The number of halogens is 3. The molecule has 0 spiro atoms. The number of rotatable bonds is 4. The van der Waals surface area contributed by atoms with E-state index in [1.54, 1.807) is 30.3 Å². The lowest BCUT2D eigenvalue weighted by atomic mass is 10.2. The maximum absolute atomic E-state index is 13.6. The van der Waals surface area contributed by atoms with Crippen LogP contribution in [-0.4, -0.2) is 23.0 Å². The number of carbonyl (C=O) groups is 2. The molecule has 8 heteroatoms. The second-order valence-electron chi connectivity index (χ2n) is 5.53. The summed E-state index contributed by atoms with van der Waals surface area (Å²) in [5.74, 6) is -6.29. The lowest BCUT2D eigenvalue weighted by Crippen LogP contribution is -2.30. The van der Waals surface area contributed by atoms with E-state index in [1.165, 1.54) is 6.92 Å². The molecule has 1 heterocycles. The lowest BCUT2D eigenvalue weighted by Gasteiger charge is -2.13. The van der Waals surface area contributed by atoms with E-state index < -0.39 is 41.1 Å². The van der Waals surface area contributed by atoms with E-state index in [2.05, 4.69) is 10.3 Å². The Labute approximate surface area is 145 Å². The van der Waals surface area contributed by atoms with Gasteiger partial charge < -0.3 is 15.0 Å². The van der Waals surface area contributed by atoms with Crippen LogP contribution >= 0.6 is 0 Å². The molecule has 0 aliphatic carbocycles. The van der Waals surface area contributed by atoms with Crippen molar-refractivity contribution in [1.29, 1.82) is 0 Å². The Bertz CT molecular complexity index is 968. The summed E-state index contributed by atoms with van der Waals surface area (Å²) in [6, 6.07) is 10.3. The van der Waals surface area contributed by atoms with Crippen LogP contribution in [0.1, 0.15) is 17.4 Å². The van der Waals surface area contributed by atoms with Crippen LogP contribution in [0.15, 0.2) is 42.5 Å². The molecule has 5 nitrogen and oxygen atoms in total. The third-order valence-corrected chi connectivity index (χ3v) is 3.70. The highest BCUT2D eigenvalue weighted by Gasteiger charge is 2.22. The molecule has 134 valence electrons. The number of anilines is 1. The molecular weight excluding hydrogens is 349 g/mol. The van der Waals surface area contributed by atoms with Crippen molar-refractivity contribution in [3.63, 3.8) is 0 Å². The first-order valence-electron chi connectivity index (χ1n) is 7.60. The van der Waals surface area contributed by atoms with Gasteiger partial charge in [0.15, 0.2) is 23.6 Å². The van der Waals surface area contributed by atoms with Gasteiger partial charge in [-0.15, -0.1) is 0 Å². The number of aromatic amines is 1. The minimum absolute atomic E-state index is 0.143. The molecule has 26 heavy (non-hydrogen) atoms. The molecule has 3 rings (SSSR count). The van der Waals surface area contributed by atoms with Gasteiger partial charge in [-0.3, -0.25) is 4.79 Å². The Morgan fingerprint density at radius 3 is 2.54 bits per heavy atom. The van der Waals surface area contributed by atoms with E-state index >= 15 is 0 Å². The zero-order valence-electron chi connectivity index (χ0n) is 13.5. The van der Waals surface area contributed by atoms with Crippen LogP contribution in [0, 0.1) is 17.5 Å². The van der Waals surface area contributed by atoms with Crippen LogP contribution in [0.5, 0.6) is 0 Å². The number of H-pyrrole nitrogens is 1. The van der Waals surface area contributed by atoms with Gasteiger partial charge in [0.05, 0.1) is 5.69 Å². The molecule has 0 bridgehead atoms. The Kier molecular flexibility index (Phi) is 4.66. The van der Waals surface area contributed by atoms with Crippen molar-refractivity contribution in [2.24, 2.45) is 0 Å². The number of hydrogen-bond acceptors (Lipinski definition) is 3. The molecule has 0 fully saturated rings. The molecule has 0 aliphatic heterocycles. The van der Waals surface area contributed by atoms with E-state index in [1.807, 2.05) is 0 Å². The number of aromatic nitrogens is 1. The molecule has 0 saturated heterocycles. The number of nitrogens with one attached hydrogen (secondary N) is 2. The SMILES string of the molecule is C[C@H](OC(=O)c1cc2ccccc2[nH]1)C(=O)Nc1ccc(F)c(F)c1F. The van der Waals surface area contributed by atoms with Gasteiger partial charge in [-0.2, -0.15) is 0 Å². The molecular formula is C18H13F3N2O3. The van der Waals surface area contributed by atoms with Crippen molar-refractivity contribution in [3.8, 4) is 0 Å². The predicted molar refractivity (Wildman–Crippen MR) is 88.1 cm³/mol. The van der Waals surface area contributed by atoms with Crippen LogP contribution < -0.4 is 5.32 Å². The van der Waals surface area contributed by atoms with Gasteiger partial charge in [-0.25, -0.2) is 18.0 Å². The van der Waals surface area contributed by atoms with E-state index in [4.69, 9.17) is 4.74 Å². The predicted octanol–water partition coefficient (Wildman–Crippen LogP) is 3.77. The second kappa shape index (κ2) is 6.91. The van der Waals surface area contributed by atoms with Gasteiger partial charge in [-0.05, 0) is 31.2 Å². The molecule has 0 radical (unpaired) electrons. The summed E-state index contributed by atoms with van der Waals surface area (Å²) in [4.78, 5) is 27.0. The number of carbonyl (C=O) groups excluding carboxylic acids is 2.